The zero-order chi connectivity index (χ0) is 14.3. The van der Waals surface area contributed by atoms with Gasteiger partial charge in [-0.25, -0.2) is 0 Å². The van der Waals surface area contributed by atoms with Crippen molar-refractivity contribution in [2.45, 2.75) is 69.6 Å². The third-order valence-electron chi connectivity index (χ3n) is 6.25. The minimum absolute atomic E-state index is 0.0219. The normalized spacial score (nSPS) is 55.6. The molecule has 1 saturated heterocycles. The van der Waals surface area contributed by atoms with Crippen LogP contribution in [0.1, 0.15) is 47.0 Å². The molecule has 2 fully saturated rings. The molecule has 4 heteroatoms. The van der Waals surface area contributed by atoms with Gasteiger partial charge in [0.25, 0.3) is 0 Å². The fourth-order valence-electron chi connectivity index (χ4n) is 4.55. The van der Waals surface area contributed by atoms with Crippen molar-refractivity contribution in [3.05, 3.63) is 10.6 Å². The second-order valence-electron chi connectivity index (χ2n) is 7.36. The van der Waals surface area contributed by atoms with Gasteiger partial charge in [0.05, 0.1) is 11.0 Å². The van der Waals surface area contributed by atoms with Crippen LogP contribution >= 0.6 is 27.5 Å². The fourth-order valence-corrected chi connectivity index (χ4v) is 5.40. The molecule has 1 spiro atoms. The molecule has 108 valence electrons. The first-order valence-corrected chi connectivity index (χ1v) is 8.17. The average molecular weight is 350 g/mol. The lowest BCUT2D eigenvalue weighted by Crippen LogP contribution is -2.60. The van der Waals surface area contributed by atoms with Crippen molar-refractivity contribution in [1.82, 2.24) is 0 Å². The van der Waals surface area contributed by atoms with Gasteiger partial charge in [0, 0.05) is 15.3 Å². The number of fused-ring (bicyclic) bond motifs is 1. The highest BCUT2D eigenvalue weighted by Gasteiger charge is 2.72. The van der Waals surface area contributed by atoms with Crippen molar-refractivity contribution in [1.29, 1.82) is 0 Å². The Bertz CT molecular complexity index is 459. The molecule has 0 aromatic heterocycles. The molecule has 1 heterocycles. The van der Waals surface area contributed by atoms with Gasteiger partial charge in [-0.1, -0.05) is 29.8 Å². The van der Waals surface area contributed by atoms with Crippen molar-refractivity contribution < 1.29 is 9.84 Å². The van der Waals surface area contributed by atoms with E-state index in [0.717, 1.165) is 23.7 Å². The predicted molar refractivity (Wildman–Crippen MR) is 80.6 cm³/mol. The summed E-state index contributed by atoms with van der Waals surface area (Å²) in [7, 11) is 0. The van der Waals surface area contributed by atoms with E-state index in [0.29, 0.717) is 0 Å². The maximum Gasteiger partial charge on any atom is 0.102 e. The van der Waals surface area contributed by atoms with E-state index in [2.05, 4.69) is 43.6 Å². The number of aliphatic hydroxyl groups excluding tert-OH is 1. The topological polar surface area (TPSA) is 29.5 Å². The molecule has 3 rings (SSSR count). The molecule has 0 aromatic rings. The number of hydrogen-bond acceptors (Lipinski definition) is 2. The third kappa shape index (κ3) is 1.51. The Kier molecular flexibility index (Phi) is 2.87. The first-order chi connectivity index (χ1) is 8.57. The number of hydrogen-bond donors (Lipinski definition) is 1. The molecule has 3 aliphatic rings. The Morgan fingerprint density at radius 1 is 1.32 bits per heavy atom. The molecule has 5 atom stereocenters. The Hall–Kier alpha value is 0.430. The van der Waals surface area contributed by atoms with Crippen LogP contribution in [0.4, 0.5) is 0 Å². The minimum atomic E-state index is -0.578. The molecule has 1 aliphatic heterocycles. The van der Waals surface area contributed by atoms with Crippen LogP contribution in [0.5, 0.6) is 0 Å². The van der Waals surface area contributed by atoms with Gasteiger partial charge in [0.1, 0.15) is 11.7 Å². The van der Waals surface area contributed by atoms with E-state index in [1.165, 1.54) is 0 Å². The number of allylic oxidation sites excluding steroid dienone is 1. The summed E-state index contributed by atoms with van der Waals surface area (Å²) in [5.41, 5.74) is -0.625. The number of rotatable bonds is 0. The standard InChI is InChI=1S/C15H22BrClO2/c1-12(2)9(16)7-10(18)14(4)15(12)6-5-13(3,17)11(8-15)19-14/h7,10-11,18H,5-6,8H2,1-4H3/t10-,11?,13?,14?,15-/m1/s1. The van der Waals surface area contributed by atoms with E-state index in [1.807, 2.05) is 6.08 Å². The van der Waals surface area contributed by atoms with Gasteiger partial charge < -0.3 is 9.84 Å². The average Bonchev–Trinajstić information content (AvgIpc) is 2.58. The molecule has 19 heavy (non-hydrogen) atoms. The van der Waals surface area contributed by atoms with Gasteiger partial charge >= 0.3 is 0 Å². The zero-order valence-corrected chi connectivity index (χ0v) is 14.3. The SMILES string of the molecule is CC1(Cl)CC[C@]23CC1OC2(C)[C@H](O)C=C(Br)C3(C)C. The Balaban J connectivity index is 2.17. The van der Waals surface area contributed by atoms with Crippen LogP contribution in [0.15, 0.2) is 10.6 Å². The largest absolute Gasteiger partial charge is 0.386 e. The lowest BCUT2D eigenvalue weighted by atomic mass is 9.49. The fraction of sp³-hybridized carbons (Fsp3) is 0.867. The summed E-state index contributed by atoms with van der Waals surface area (Å²) in [4.78, 5) is -0.312. The number of ether oxygens (including phenoxy) is 1. The van der Waals surface area contributed by atoms with Crippen LogP contribution in [-0.2, 0) is 4.74 Å². The first kappa shape index (κ1) is 14.4. The molecular weight excluding hydrogens is 328 g/mol. The van der Waals surface area contributed by atoms with Crippen molar-refractivity contribution in [2.24, 2.45) is 10.8 Å². The summed E-state index contributed by atoms with van der Waals surface area (Å²) in [6.45, 7) is 8.63. The van der Waals surface area contributed by atoms with Crippen molar-refractivity contribution in [3.8, 4) is 0 Å². The van der Waals surface area contributed by atoms with E-state index in [1.54, 1.807) is 0 Å². The monoisotopic (exact) mass is 348 g/mol. The van der Waals surface area contributed by atoms with E-state index < -0.39 is 11.7 Å². The molecule has 0 aromatic carbocycles. The molecular formula is C15H22BrClO2. The van der Waals surface area contributed by atoms with Gasteiger partial charge in [-0.15, -0.1) is 11.6 Å². The van der Waals surface area contributed by atoms with Gasteiger partial charge in [-0.05, 0) is 39.2 Å². The molecule has 0 amide bonds. The van der Waals surface area contributed by atoms with Crippen LogP contribution in [-0.4, -0.2) is 27.8 Å². The Labute approximate surface area is 128 Å². The van der Waals surface area contributed by atoms with Gasteiger partial charge in [-0.3, -0.25) is 0 Å². The smallest absolute Gasteiger partial charge is 0.102 e. The van der Waals surface area contributed by atoms with Crippen LogP contribution in [0.25, 0.3) is 0 Å². The number of halogens is 2. The van der Waals surface area contributed by atoms with E-state index in [9.17, 15) is 5.11 Å². The first-order valence-electron chi connectivity index (χ1n) is 6.99. The molecule has 1 N–H and O–H groups in total. The summed E-state index contributed by atoms with van der Waals surface area (Å²) < 4.78 is 7.42. The van der Waals surface area contributed by atoms with Crippen molar-refractivity contribution in [3.63, 3.8) is 0 Å². The van der Waals surface area contributed by atoms with Crippen LogP contribution in [0.3, 0.4) is 0 Å². The molecule has 2 nitrogen and oxygen atoms in total. The maximum absolute atomic E-state index is 10.6. The second-order valence-corrected chi connectivity index (χ2v) is 9.08. The molecule has 3 unspecified atom stereocenters. The zero-order valence-electron chi connectivity index (χ0n) is 12.0. The summed E-state index contributed by atoms with van der Waals surface area (Å²) >= 11 is 10.3. The lowest BCUT2D eigenvalue weighted by Gasteiger charge is -2.57. The number of aliphatic hydroxyl groups is 1. The Morgan fingerprint density at radius 3 is 2.58 bits per heavy atom. The van der Waals surface area contributed by atoms with Gasteiger partial charge in [0.15, 0.2) is 0 Å². The van der Waals surface area contributed by atoms with Crippen molar-refractivity contribution in [2.75, 3.05) is 0 Å². The van der Waals surface area contributed by atoms with Crippen LogP contribution in [0.2, 0.25) is 0 Å². The van der Waals surface area contributed by atoms with Gasteiger partial charge in [0.2, 0.25) is 0 Å². The van der Waals surface area contributed by atoms with Crippen LogP contribution < -0.4 is 0 Å². The Morgan fingerprint density at radius 2 is 1.95 bits per heavy atom. The molecule has 2 aliphatic carbocycles. The lowest BCUT2D eigenvalue weighted by molar-refractivity contribution is -0.158. The third-order valence-corrected chi connectivity index (χ3v) is 7.93. The summed E-state index contributed by atoms with van der Waals surface area (Å²) in [5, 5.41) is 10.6. The highest BCUT2D eigenvalue weighted by molar-refractivity contribution is 9.11. The summed E-state index contributed by atoms with van der Waals surface area (Å²) in [6.07, 6.45) is 4.20. The van der Waals surface area contributed by atoms with Gasteiger partial charge in [-0.2, -0.15) is 0 Å². The number of alkyl halides is 1. The highest BCUT2D eigenvalue weighted by atomic mass is 79.9. The minimum Gasteiger partial charge on any atom is -0.386 e. The molecule has 0 radical (unpaired) electrons. The maximum atomic E-state index is 10.6. The van der Waals surface area contributed by atoms with E-state index >= 15 is 0 Å². The quantitative estimate of drug-likeness (QED) is 0.670. The summed E-state index contributed by atoms with van der Waals surface area (Å²) in [6, 6.07) is 0. The highest BCUT2D eigenvalue weighted by Crippen LogP contribution is 2.70. The van der Waals surface area contributed by atoms with E-state index in [-0.39, 0.29) is 21.8 Å². The van der Waals surface area contributed by atoms with Crippen LogP contribution in [0, 0.1) is 10.8 Å². The second kappa shape index (κ2) is 3.79. The predicted octanol–water partition coefficient (Wildman–Crippen LogP) is 3.99. The molecule has 1 saturated carbocycles. The van der Waals surface area contributed by atoms with Crippen molar-refractivity contribution >= 4 is 27.5 Å². The van der Waals surface area contributed by atoms with E-state index in [4.69, 9.17) is 16.3 Å². The summed E-state index contributed by atoms with van der Waals surface area (Å²) in [5.74, 6) is 0. The molecule has 2 bridgehead atoms.